The molecular formula is C18H9AlCl6O9S3. The van der Waals surface area contributed by atoms with E-state index in [2.05, 4.69) is 0 Å². The van der Waals surface area contributed by atoms with Gasteiger partial charge in [0.1, 0.15) is 30.4 Å². The first kappa shape index (κ1) is 36.7. The zero-order valence-electron chi connectivity index (χ0n) is 17.4. The van der Waals surface area contributed by atoms with Gasteiger partial charge in [-0.15, -0.1) is 0 Å². The molecule has 0 atom stereocenters. The van der Waals surface area contributed by atoms with Crippen LogP contribution in [0.4, 0.5) is 0 Å². The van der Waals surface area contributed by atoms with Gasteiger partial charge in [-0.1, -0.05) is 69.6 Å². The van der Waals surface area contributed by atoms with Crippen LogP contribution in [0.25, 0.3) is 0 Å². The van der Waals surface area contributed by atoms with Gasteiger partial charge in [-0.3, -0.25) is 0 Å². The summed E-state index contributed by atoms with van der Waals surface area (Å²) >= 11 is 32.8. The van der Waals surface area contributed by atoms with Crippen molar-refractivity contribution in [1.82, 2.24) is 0 Å². The van der Waals surface area contributed by atoms with Crippen molar-refractivity contribution in [1.29, 1.82) is 0 Å². The average Bonchev–Trinajstić information content (AvgIpc) is 2.65. The van der Waals surface area contributed by atoms with E-state index in [4.69, 9.17) is 69.6 Å². The molecule has 3 aromatic carbocycles. The molecule has 3 aromatic rings. The molecule has 0 aromatic heterocycles. The molecule has 3 rings (SSSR count). The van der Waals surface area contributed by atoms with Crippen LogP contribution in [0, 0.1) is 0 Å². The third-order valence-electron chi connectivity index (χ3n) is 3.49. The first-order valence-electron chi connectivity index (χ1n) is 8.46. The number of halogens is 6. The minimum atomic E-state index is -4.49. The molecule has 0 spiro atoms. The Morgan fingerprint density at radius 1 is 0.432 bits per heavy atom. The van der Waals surface area contributed by atoms with E-state index in [0.29, 0.717) is 0 Å². The van der Waals surface area contributed by atoms with Crippen LogP contribution in [0.2, 0.25) is 30.1 Å². The van der Waals surface area contributed by atoms with E-state index in [0.717, 1.165) is 18.2 Å². The summed E-state index contributed by atoms with van der Waals surface area (Å²) in [4.78, 5) is -1.35. The van der Waals surface area contributed by atoms with Gasteiger partial charge < -0.3 is 13.7 Å². The Balaban J connectivity index is 0.000000518. The van der Waals surface area contributed by atoms with E-state index in [9.17, 15) is 38.9 Å². The standard InChI is InChI=1S/3C6H4Cl2O3S.Al/c3*7-4-1-2-6(5(8)3-4)12(9,10)11;/h3*1-3H,(H,9,10,11);/q;;;+3/p-3. The SMILES string of the molecule is O=S(=O)([O-])c1ccc(Cl)cc1Cl.O=S(=O)([O-])c1ccc(Cl)cc1Cl.O=S(=O)([O-])c1ccc(Cl)cc1Cl.[Al+3]. The summed E-state index contributed by atoms with van der Waals surface area (Å²) in [7, 11) is -13.5. The van der Waals surface area contributed by atoms with Crippen LogP contribution in [-0.4, -0.2) is 56.3 Å². The Labute approximate surface area is 253 Å². The van der Waals surface area contributed by atoms with Gasteiger partial charge in [-0.2, -0.15) is 0 Å². The quantitative estimate of drug-likeness (QED) is 0.259. The molecule has 0 radical (unpaired) electrons. The smallest absolute Gasteiger partial charge is 0.744 e. The largest absolute Gasteiger partial charge is 3.00 e. The van der Waals surface area contributed by atoms with Crippen LogP contribution < -0.4 is 0 Å². The Morgan fingerprint density at radius 2 is 0.622 bits per heavy atom. The molecule has 0 aliphatic rings. The summed E-state index contributed by atoms with van der Waals surface area (Å²) in [5, 5.41) is 0.389. The van der Waals surface area contributed by atoms with Crippen molar-refractivity contribution >= 4 is 117 Å². The van der Waals surface area contributed by atoms with Gasteiger partial charge in [-0.25, -0.2) is 25.3 Å². The summed E-state index contributed by atoms with van der Waals surface area (Å²) in [5.74, 6) is 0. The minimum Gasteiger partial charge on any atom is -0.744 e. The van der Waals surface area contributed by atoms with Gasteiger partial charge in [0.25, 0.3) is 0 Å². The van der Waals surface area contributed by atoms with E-state index >= 15 is 0 Å². The average molecular weight is 705 g/mol. The third kappa shape index (κ3) is 12.6. The Kier molecular flexibility index (Phi) is 14.7. The van der Waals surface area contributed by atoms with Crippen molar-refractivity contribution < 1.29 is 38.9 Å². The molecule has 0 unspecified atom stereocenters. The minimum absolute atomic E-state index is 0. The normalized spacial score (nSPS) is 11.3. The first-order valence-corrected chi connectivity index (χ1v) is 15.0. The fourth-order valence-corrected chi connectivity index (χ4v) is 5.71. The molecule has 0 aliphatic heterocycles. The molecule has 0 bridgehead atoms. The van der Waals surface area contributed by atoms with E-state index in [1.54, 1.807) is 0 Å². The van der Waals surface area contributed by atoms with Crippen LogP contribution in [0.3, 0.4) is 0 Å². The Hall–Kier alpha value is -0.338. The van der Waals surface area contributed by atoms with Gasteiger partial charge in [-0.05, 0) is 54.6 Å². The molecule has 19 heteroatoms. The zero-order valence-corrected chi connectivity index (χ0v) is 25.6. The maximum Gasteiger partial charge on any atom is 3.00 e. The van der Waals surface area contributed by atoms with E-state index in [1.807, 2.05) is 0 Å². The van der Waals surface area contributed by atoms with Gasteiger partial charge in [0.05, 0.1) is 29.8 Å². The monoisotopic (exact) mass is 702 g/mol. The van der Waals surface area contributed by atoms with E-state index in [-0.39, 0.29) is 47.5 Å². The molecule has 0 saturated carbocycles. The summed E-state index contributed by atoms with van der Waals surface area (Å²) in [6.07, 6.45) is 0. The van der Waals surface area contributed by atoms with Crippen molar-refractivity contribution in [2.45, 2.75) is 14.7 Å². The third-order valence-corrected chi connectivity index (χ3v) is 8.15. The number of hydrogen-bond acceptors (Lipinski definition) is 9. The molecule has 0 N–H and O–H groups in total. The zero-order chi connectivity index (χ0) is 28.1. The Morgan fingerprint density at radius 3 is 0.757 bits per heavy atom. The second kappa shape index (κ2) is 14.9. The molecule has 9 nitrogen and oxygen atoms in total. The fourth-order valence-electron chi connectivity index (χ4n) is 2.03. The number of hydrogen-bond donors (Lipinski definition) is 0. The van der Waals surface area contributed by atoms with Gasteiger partial charge >= 0.3 is 17.4 Å². The number of rotatable bonds is 3. The van der Waals surface area contributed by atoms with Gasteiger partial charge in [0.15, 0.2) is 0 Å². The van der Waals surface area contributed by atoms with Crippen LogP contribution in [0.1, 0.15) is 0 Å². The first-order chi connectivity index (χ1) is 16.2. The summed E-state index contributed by atoms with van der Waals surface area (Å²) in [6, 6.07) is 10.7. The van der Waals surface area contributed by atoms with Crippen LogP contribution in [-0.2, 0) is 30.4 Å². The van der Waals surface area contributed by atoms with Crippen LogP contribution in [0.15, 0.2) is 69.3 Å². The topological polar surface area (TPSA) is 172 Å². The van der Waals surface area contributed by atoms with Crippen LogP contribution in [0.5, 0.6) is 0 Å². The molecule has 0 saturated heterocycles. The predicted molar refractivity (Wildman–Crippen MR) is 139 cm³/mol. The second-order valence-electron chi connectivity index (χ2n) is 6.09. The van der Waals surface area contributed by atoms with Crippen LogP contribution >= 0.6 is 69.6 Å². The van der Waals surface area contributed by atoms with E-state index < -0.39 is 45.0 Å². The van der Waals surface area contributed by atoms with Crippen molar-refractivity contribution in [2.75, 3.05) is 0 Å². The maximum atomic E-state index is 10.5. The van der Waals surface area contributed by atoms with Crippen molar-refractivity contribution in [3.63, 3.8) is 0 Å². The predicted octanol–water partition coefficient (Wildman–Crippen LogP) is 5.31. The van der Waals surface area contributed by atoms with Gasteiger partial charge in [0, 0.05) is 15.1 Å². The fraction of sp³-hybridized carbons (Fsp3) is 0. The molecule has 37 heavy (non-hydrogen) atoms. The summed E-state index contributed by atoms with van der Waals surface area (Å²) < 4.78 is 94.3. The van der Waals surface area contributed by atoms with Crippen molar-refractivity contribution in [2.24, 2.45) is 0 Å². The van der Waals surface area contributed by atoms with Crippen molar-refractivity contribution in [3.05, 3.63) is 84.7 Å². The molecular weight excluding hydrogens is 696 g/mol. The molecule has 198 valence electrons. The molecule has 0 aliphatic carbocycles. The maximum absolute atomic E-state index is 10.5. The van der Waals surface area contributed by atoms with Crippen molar-refractivity contribution in [3.8, 4) is 0 Å². The molecule has 0 amide bonds. The molecule has 0 fully saturated rings. The number of benzene rings is 3. The van der Waals surface area contributed by atoms with Gasteiger partial charge in [0.2, 0.25) is 0 Å². The second-order valence-corrected chi connectivity index (χ2v) is 12.7. The summed E-state index contributed by atoms with van der Waals surface area (Å²) in [5.41, 5.74) is 0. The van der Waals surface area contributed by atoms with E-state index in [1.165, 1.54) is 36.4 Å². The molecule has 0 heterocycles. The summed E-state index contributed by atoms with van der Waals surface area (Å²) in [6.45, 7) is 0. The Bertz CT molecular complexity index is 1390.